The summed E-state index contributed by atoms with van der Waals surface area (Å²) < 4.78 is 31.7. The Morgan fingerprint density at radius 2 is 1.79 bits per heavy atom. The van der Waals surface area contributed by atoms with Gasteiger partial charge in [0.25, 0.3) is 11.6 Å². The highest BCUT2D eigenvalue weighted by Crippen LogP contribution is 2.29. The van der Waals surface area contributed by atoms with Crippen LogP contribution in [0.4, 0.5) is 24.5 Å². The van der Waals surface area contributed by atoms with E-state index in [4.69, 9.17) is 20.7 Å². The van der Waals surface area contributed by atoms with Crippen LogP contribution in [0.15, 0.2) is 42.5 Å². The fourth-order valence-electron chi connectivity index (χ4n) is 3.74. The molecule has 0 spiro atoms. The van der Waals surface area contributed by atoms with Crippen molar-refractivity contribution in [3.63, 3.8) is 0 Å². The third-order valence-electron chi connectivity index (χ3n) is 5.72. The van der Waals surface area contributed by atoms with Crippen LogP contribution < -0.4 is 10.6 Å². The molecule has 0 unspecified atom stereocenters. The number of halogens is 3. The van der Waals surface area contributed by atoms with Crippen molar-refractivity contribution in [2.75, 3.05) is 24.5 Å². The van der Waals surface area contributed by atoms with Gasteiger partial charge in [-0.05, 0) is 43.1 Å². The number of carboxylic acid groups (broad SMARTS) is 2. The maximum absolute atomic E-state index is 13.3. The minimum Gasteiger partial charge on any atom is -0.481 e. The summed E-state index contributed by atoms with van der Waals surface area (Å²) in [5.41, 5.74) is 7.29. The van der Waals surface area contributed by atoms with E-state index in [2.05, 4.69) is 11.8 Å². The summed E-state index contributed by atoms with van der Waals surface area (Å²) in [6, 6.07) is 11.1. The van der Waals surface area contributed by atoms with E-state index in [0.717, 1.165) is 17.7 Å². The van der Waals surface area contributed by atoms with E-state index in [9.17, 15) is 37.7 Å². The Labute approximate surface area is 237 Å². The van der Waals surface area contributed by atoms with Gasteiger partial charge in [-0.3, -0.25) is 29.4 Å². The predicted octanol–water partition coefficient (Wildman–Crippen LogP) is 3.17. The Balaban J connectivity index is 0.000000782. The summed E-state index contributed by atoms with van der Waals surface area (Å²) in [5.74, 6) is 1.04. The van der Waals surface area contributed by atoms with Gasteiger partial charge in [0.05, 0.1) is 29.1 Å². The molecule has 1 aliphatic rings. The number of nitro groups is 1. The molecule has 1 heterocycles. The zero-order valence-electron chi connectivity index (χ0n) is 22.1. The normalized spacial score (nSPS) is 12.8. The first-order valence-electron chi connectivity index (χ1n) is 12.4. The molecular weight excluding hydrogens is 565 g/mol. The molecule has 0 aliphatic carbocycles. The third kappa shape index (κ3) is 9.89. The van der Waals surface area contributed by atoms with Crippen molar-refractivity contribution >= 4 is 35.1 Å². The van der Waals surface area contributed by atoms with Crippen molar-refractivity contribution in [1.29, 1.82) is 0 Å². The molecule has 0 fully saturated rings. The second-order valence-electron chi connectivity index (χ2n) is 8.86. The van der Waals surface area contributed by atoms with Crippen LogP contribution in [0.2, 0.25) is 0 Å². The molecule has 2 aromatic rings. The van der Waals surface area contributed by atoms with E-state index in [1.54, 1.807) is 35.2 Å². The van der Waals surface area contributed by atoms with Gasteiger partial charge in [-0.1, -0.05) is 24.0 Å². The average molecular weight is 593 g/mol. The van der Waals surface area contributed by atoms with Crippen molar-refractivity contribution in [3.8, 4) is 11.8 Å². The number of benzene rings is 2. The van der Waals surface area contributed by atoms with Gasteiger partial charge >= 0.3 is 18.1 Å². The number of amides is 2. The minimum absolute atomic E-state index is 0.0803. The number of unbranched alkanes of at least 4 members (excludes halogenated alkanes) is 2. The van der Waals surface area contributed by atoms with E-state index in [0.29, 0.717) is 29.8 Å². The lowest BCUT2D eigenvalue weighted by atomic mass is 10.1. The standard InChI is InChI=1S/C25H26N4O6.C2HF3O2/c26-12-4-2-1-3-6-18-9-10-22-21(15-18)25(33)28(13-11-24(31)32)23(30)17-27(22)16-19-7-5-8-20(14-19)29(34)35;3-2(4,5)1(6)7/h5,7-10,14-15H,1-2,4,11-13,16-17,26H2,(H,31,32);(H,6,7). The maximum atomic E-state index is 13.3. The van der Waals surface area contributed by atoms with Gasteiger partial charge in [-0.25, -0.2) is 4.79 Å². The molecule has 0 radical (unpaired) electrons. The lowest BCUT2D eigenvalue weighted by Gasteiger charge is -2.23. The predicted molar refractivity (Wildman–Crippen MR) is 142 cm³/mol. The van der Waals surface area contributed by atoms with Crippen LogP contribution in [0.1, 0.15) is 47.2 Å². The Morgan fingerprint density at radius 3 is 2.38 bits per heavy atom. The van der Waals surface area contributed by atoms with Crippen molar-refractivity contribution in [2.45, 2.75) is 38.4 Å². The quantitative estimate of drug-likeness (QED) is 0.128. The number of alkyl halides is 3. The SMILES string of the molecule is NCCCCC#Cc1ccc2c(c1)C(=O)N(CCC(=O)O)C(=O)CN2Cc1cccc([N+](=O)[O-])c1.O=C(O)C(F)(F)F. The van der Waals surface area contributed by atoms with Gasteiger partial charge in [0.1, 0.15) is 0 Å². The van der Waals surface area contributed by atoms with Crippen LogP contribution in [0.25, 0.3) is 0 Å². The molecule has 2 amide bonds. The number of rotatable bonds is 9. The number of imide groups is 1. The second kappa shape index (κ2) is 15.1. The number of hydrogen-bond donors (Lipinski definition) is 3. The maximum Gasteiger partial charge on any atom is 0.490 e. The van der Waals surface area contributed by atoms with Gasteiger partial charge in [-0.15, -0.1) is 0 Å². The topological polar surface area (TPSA) is 184 Å². The lowest BCUT2D eigenvalue weighted by Crippen LogP contribution is -2.41. The number of aliphatic carboxylic acids is 2. The summed E-state index contributed by atoms with van der Waals surface area (Å²) in [4.78, 5) is 59.5. The molecule has 1 aliphatic heterocycles. The first-order chi connectivity index (χ1) is 19.7. The van der Waals surface area contributed by atoms with Gasteiger partial charge in [0.15, 0.2) is 0 Å². The smallest absolute Gasteiger partial charge is 0.481 e. The molecule has 4 N–H and O–H groups in total. The van der Waals surface area contributed by atoms with Gasteiger partial charge < -0.3 is 20.8 Å². The molecular formula is C27H27F3N4O8. The number of nitro benzene ring substituents is 1. The van der Waals surface area contributed by atoms with Crippen molar-refractivity contribution in [2.24, 2.45) is 5.73 Å². The van der Waals surface area contributed by atoms with Crippen molar-refractivity contribution < 1.29 is 47.5 Å². The molecule has 2 aromatic carbocycles. The summed E-state index contributed by atoms with van der Waals surface area (Å²) in [5, 5.41) is 27.4. The highest BCUT2D eigenvalue weighted by atomic mass is 19.4. The fraction of sp³-hybridized carbons (Fsp3) is 0.333. The van der Waals surface area contributed by atoms with Crippen LogP contribution in [0.3, 0.4) is 0 Å². The molecule has 0 atom stereocenters. The molecule has 224 valence electrons. The molecule has 0 aromatic heterocycles. The van der Waals surface area contributed by atoms with Crippen LogP contribution in [-0.4, -0.2) is 69.6 Å². The average Bonchev–Trinajstić information content (AvgIpc) is 3.01. The van der Waals surface area contributed by atoms with E-state index >= 15 is 0 Å². The highest BCUT2D eigenvalue weighted by molar-refractivity contribution is 6.11. The van der Waals surface area contributed by atoms with E-state index in [1.165, 1.54) is 12.1 Å². The first-order valence-corrected chi connectivity index (χ1v) is 12.4. The number of hydrogen-bond acceptors (Lipinski definition) is 8. The van der Waals surface area contributed by atoms with E-state index < -0.39 is 34.9 Å². The lowest BCUT2D eigenvalue weighted by molar-refractivity contribution is -0.384. The van der Waals surface area contributed by atoms with Crippen molar-refractivity contribution in [3.05, 3.63) is 69.3 Å². The third-order valence-corrected chi connectivity index (χ3v) is 5.72. The summed E-state index contributed by atoms with van der Waals surface area (Å²) >= 11 is 0. The zero-order valence-corrected chi connectivity index (χ0v) is 22.1. The number of carbonyl (C=O) groups is 4. The van der Waals surface area contributed by atoms with E-state index in [-0.39, 0.29) is 37.3 Å². The Bertz CT molecular complexity index is 1400. The van der Waals surface area contributed by atoms with Crippen LogP contribution in [0, 0.1) is 22.0 Å². The van der Waals surface area contributed by atoms with E-state index in [1.807, 2.05) is 0 Å². The number of nitrogens with two attached hydrogens (primary N) is 1. The second-order valence-corrected chi connectivity index (χ2v) is 8.86. The Hall–Kier alpha value is -4.97. The number of carbonyl (C=O) groups excluding carboxylic acids is 2. The molecule has 0 saturated heterocycles. The fourth-order valence-corrected chi connectivity index (χ4v) is 3.74. The molecule has 0 saturated carbocycles. The van der Waals surface area contributed by atoms with Gasteiger partial charge in [0.2, 0.25) is 5.91 Å². The van der Waals surface area contributed by atoms with Crippen LogP contribution in [0.5, 0.6) is 0 Å². The number of nitrogens with zero attached hydrogens (tertiary/aromatic N) is 3. The molecule has 15 heteroatoms. The number of anilines is 1. The largest absolute Gasteiger partial charge is 0.490 e. The number of carboxylic acids is 2. The minimum atomic E-state index is -5.08. The first kappa shape index (κ1) is 33.2. The zero-order chi connectivity index (χ0) is 31.4. The molecule has 3 rings (SSSR count). The molecule has 0 bridgehead atoms. The Kier molecular flexibility index (Phi) is 12.0. The van der Waals surface area contributed by atoms with Crippen LogP contribution in [-0.2, 0) is 20.9 Å². The summed E-state index contributed by atoms with van der Waals surface area (Å²) in [6.07, 6.45) is -3.07. The monoisotopic (exact) mass is 592 g/mol. The summed E-state index contributed by atoms with van der Waals surface area (Å²) in [7, 11) is 0. The summed E-state index contributed by atoms with van der Waals surface area (Å²) in [6.45, 7) is 0.289. The highest BCUT2D eigenvalue weighted by Gasteiger charge is 2.38. The van der Waals surface area contributed by atoms with Gasteiger partial charge in [-0.2, -0.15) is 13.2 Å². The van der Waals surface area contributed by atoms with Gasteiger partial charge in [0, 0.05) is 37.2 Å². The number of fused-ring (bicyclic) bond motifs is 1. The molecule has 12 nitrogen and oxygen atoms in total. The molecule has 42 heavy (non-hydrogen) atoms. The number of non-ortho nitro benzene ring substituents is 1. The Morgan fingerprint density at radius 1 is 1.10 bits per heavy atom. The van der Waals surface area contributed by atoms with Crippen LogP contribution >= 0.6 is 0 Å². The van der Waals surface area contributed by atoms with Crippen molar-refractivity contribution in [1.82, 2.24) is 4.90 Å².